The summed E-state index contributed by atoms with van der Waals surface area (Å²) >= 11 is 0. The van der Waals surface area contributed by atoms with Crippen molar-refractivity contribution in [1.29, 1.82) is 0 Å². The van der Waals surface area contributed by atoms with Gasteiger partial charge in [-0.25, -0.2) is 4.79 Å². The molecule has 2 rings (SSSR count). The van der Waals surface area contributed by atoms with Gasteiger partial charge in [0.25, 0.3) is 0 Å². The molecule has 1 aromatic heterocycles. The molecule has 1 N–H and O–H groups in total. The standard InChI is InChI=1S/C15H23NO4.ClH/c1-10-12(14(17)18)11(13(20-10)15(2,3)4)9-16-5-7-19-8-6-16;/h5-9H2,1-4H3,(H,17,18);1H/p-1. The zero-order valence-corrected chi connectivity index (χ0v) is 13.8. The van der Waals surface area contributed by atoms with Crippen LogP contribution < -0.4 is 12.4 Å². The third-order valence-electron chi connectivity index (χ3n) is 3.56. The number of ether oxygens (including phenoxy) is 1. The molecule has 5 nitrogen and oxygen atoms in total. The summed E-state index contributed by atoms with van der Waals surface area (Å²) in [5, 5.41) is 9.45. The van der Waals surface area contributed by atoms with Crippen LogP contribution in [0.4, 0.5) is 0 Å². The average molecular weight is 317 g/mol. The van der Waals surface area contributed by atoms with E-state index in [1.165, 1.54) is 0 Å². The molecule has 21 heavy (non-hydrogen) atoms. The molecule has 0 saturated carbocycles. The first-order valence-corrected chi connectivity index (χ1v) is 6.97. The number of carboxylic acids is 1. The molecule has 0 aromatic carbocycles. The van der Waals surface area contributed by atoms with Crippen LogP contribution in [-0.4, -0.2) is 42.3 Å². The topological polar surface area (TPSA) is 62.9 Å². The first-order valence-electron chi connectivity index (χ1n) is 6.97. The van der Waals surface area contributed by atoms with Crippen molar-refractivity contribution in [3.8, 4) is 0 Å². The molecular weight excluding hydrogens is 294 g/mol. The van der Waals surface area contributed by atoms with Gasteiger partial charge < -0.3 is 26.7 Å². The lowest BCUT2D eigenvalue weighted by molar-refractivity contribution is -0.0000239. The molecule has 1 aliphatic rings. The van der Waals surface area contributed by atoms with Crippen LogP contribution in [0, 0.1) is 6.92 Å². The highest BCUT2D eigenvalue weighted by Crippen LogP contribution is 2.33. The van der Waals surface area contributed by atoms with Crippen LogP contribution in [0.5, 0.6) is 0 Å². The van der Waals surface area contributed by atoms with E-state index in [1.54, 1.807) is 6.92 Å². The van der Waals surface area contributed by atoms with E-state index in [1.807, 2.05) is 20.8 Å². The van der Waals surface area contributed by atoms with E-state index in [0.717, 1.165) is 24.4 Å². The number of carboxylic acid groups (broad SMARTS) is 1. The van der Waals surface area contributed by atoms with Crippen molar-refractivity contribution in [2.24, 2.45) is 0 Å². The summed E-state index contributed by atoms with van der Waals surface area (Å²) in [6.07, 6.45) is 0. The lowest BCUT2D eigenvalue weighted by Crippen LogP contribution is -3.00. The number of aromatic carboxylic acids is 1. The summed E-state index contributed by atoms with van der Waals surface area (Å²) in [6, 6.07) is 0. The molecular formula is C15H23ClNO4-. The van der Waals surface area contributed by atoms with E-state index in [9.17, 15) is 9.90 Å². The maximum absolute atomic E-state index is 11.5. The number of carbonyl (C=O) groups is 1. The Balaban J connectivity index is 0.00000220. The van der Waals surface area contributed by atoms with Crippen LogP contribution in [0.2, 0.25) is 0 Å². The molecule has 1 aromatic rings. The second kappa shape index (κ2) is 6.81. The predicted octanol–water partition coefficient (Wildman–Crippen LogP) is -0.580. The highest BCUT2D eigenvalue weighted by molar-refractivity contribution is 5.91. The van der Waals surface area contributed by atoms with Gasteiger partial charge in [0.05, 0.1) is 13.2 Å². The van der Waals surface area contributed by atoms with Crippen molar-refractivity contribution in [1.82, 2.24) is 4.90 Å². The van der Waals surface area contributed by atoms with Crippen molar-refractivity contribution in [3.63, 3.8) is 0 Å². The van der Waals surface area contributed by atoms with Crippen LogP contribution >= 0.6 is 0 Å². The Hall–Kier alpha value is -1.04. The Morgan fingerprint density at radius 1 is 1.29 bits per heavy atom. The molecule has 0 atom stereocenters. The fourth-order valence-electron chi connectivity index (χ4n) is 2.61. The van der Waals surface area contributed by atoms with E-state index in [0.29, 0.717) is 31.1 Å². The maximum Gasteiger partial charge on any atom is 0.339 e. The van der Waals surface area contributed by atoms with Gasteiger partial charge in [0, 0.05) is 30.6 Å². The Kier molecular flexibility index (Phi) is 5.84. The van der Waals surface area contributed by atoms with Gasteiger partial charge in [-0.15, -0.1) is 0 Å². The van der Waals surface area contributed by atoms with Crippen molar-refractivity contribution >= 4 is 5.97 Å². The van der Waals surface area contributed by atoms with Crippen LogP contribution in [-0.2, 0) is 16.7 Å². The molecule has 0 bridgehead atoms. The Bertz CT molecular complexity index is 499. The SMILES string of the molecule is Cc1oc(C(C)(C)C)c(CN2CCOCC2)c1C(=O)O.[Cl-]. The molecule has 6 heteroatoms. The minimum absolute atomic E-state index is 0. The molecule has 2 heterocycles. The van der Waals surface area contributed by atoms with Crippen molar-refractivity contribution < 1.29 is 31.5 Å². The number of morpholine rings is 1. The van der Waals surface area contributed by atoms with Crippen LogP contribution in [0.25, 0.3) is 0 Å². The van der Waals surface area contributed by atoms with Gasteiger partial charge in [-0.1, -0.05) is 20.8 Å². The fourth-order valence-corrected chi connectivity index (χ4v) is 2.61. The second-order valence-electron chi connectivity index (χ2n) is 6.28. The normalized spacial score (nSPS) is 16.6. The maximum atomic E-state index is 11.5. The predicted molar refractivity (Wildman–Crippen MR) is 75.2 cm³/mol. The quantitative estimate of drug-likeness (QED) is 0.808. The first-order chi connectivity index (χ1) is 9.30. The molecule has 1 fully saturated rings. The van der Waals surface area contributed by atoms with Crippen LogP contribution in [0.15, 0.2) is 4.42 Å². The van der Waals surface area contributed by atoms with Gasteiger partial charge in [-0.2, -0.15) is 0 Å². The van der Waals surface area contributed by atoms with E-state index in [4.69, 9.17) is 9.15 Å². The zero-order chi connectivity index (χ0) is 14.9. The first kappa shape index (κ1) is 18.0. The average Bonchev–Trinajstić information content (AvgIpc) is 2.67. The summed E-state index contributed by atoms with van der Waals surface area (Å²) in [4.78, 5) is 13.7. The smallest absolute Gasteiger partial charge is 0.339 e. The summed E-state index contributed by atoms with van der Waals surface area (Å²) in [5.41, 5.74) is 0.922. The van der Waals surface area contributed by atoms with Crippen molar-refractivity contribution in [2.45, 2.75) is 39.7 Å². The Morgan fingerprint density at radius 3 is 2.33 bits per heavy atom. The van der Waals surface area contributed by atoms with Crippen LogP contribution in [0.1, 0.15) is 48.2 Å². The molecule has 0 aliphatic carbocycles. The lowest BCUT2D eigenvalue weighted by Gasteiger charge is -2.28. The van der Waals surface area contributed by atoms with Gasteiger partial charge in [-0.3, -0.25) is 4.90 Å². The molecule has 1 saturated heterocycles. The minimum Gasteiger partial charge on any atom is -1.00 e. The molecule has 1 aliphatic heterocycles. The summed E-state index contributed by atoms with van der Waals surface area (Å²) in [5.74, 6) is 0.356. The Labute approximate surface area is 131 Å². The molecule has 0 spiro atoms. The molecule has 120 valence electrons. The van der Waals surface area contributed by atoms with Gasteiger partial charge >= 0.3 is 5.97 Å². The van der Waals surface area contributed by atoms with E-state index in [2.05, 4.69) is 4.90 Å². The summed E-state index contributed by atoms with van der Waals surface area (Å²) < 4.78 is 11.1. The largest absolute Gasteiger partial charge is 1.00 e. The van der Waals surface area contributed by atoms with E-state index in [-0.39, 0.29) is 17.8 Å². The third-order valence-corrected chi connectivity index (χ3v) is 3.56. The highest BCUT2D eigenvalue weighted by Gasteiger charge is 2.31. The fraction of sp³-hybridized carbons (Fsp3) is 0.667. The lowest BCUT2D eigenvalue weighted by atomic mass is 9.89. The van der Waals surface area contributed by atoms with E-state index < -0.39 is 5.97 Å². The molecule has 0 unspecified atom stereocenters. The Morgan fingerprint density at radius 2 is 1.86 bits per heavy atom. The molecule has 0 amide bonds. The number of hydrogen-bond acceptors (Lipinski definition) is 4. The monoisotopic (exact) mass is 316 g/mol. The summed E-state index contributed by atoms with van der Waals surface area (Å²) in [6.45, 7) is 11.5. The highest BCUT2D eigenvalue weighted by atomic mass is 35.5. The zero-order valence-electron chi connectivity index (χ0n) is 13.0. The number of furan rings is 1. The van der Waals surface area contributed by atoms with Gasteiger partial charge in [-0.05, 0) is 6.92 Å². The van der Waals surface area contributed by atoms with Crippen LogP contribution in [0.3, 0.4) is 0 Å². The number of halogens is 1. The van der Waals surface area contributed by atoms with Gasteiger partial charge in [0.2, 0.25) is 0 Å². The van der Waals surface area contributed by atoms with Crippen molar-refractivity contribution in [2.75, 3.05) is 26.3 Å². The van der Waals surface area contributed by atoms with Gasteiger partial charge in [0.15, 0.2) is 0 Å². The third kappa shape index (κ3) is 3.99. The number of hydrogen-bond donors (Lipinski definition) is 1. The minimum atomic E-state index is -0.912. The summed E-state index contributed by atoms with van der Waals surface area (Å²) in [7, 11) is 0. The van der Waals surface area contributed by atoms with Gasteiger partial charge in [0.1, 0.15) is 17.1 Å². The number of nitrogens with zero attached hydrogens (tertiary/aromatic N) is 1. The molecule has 0 radical (unpaired) electrons. The number of rotatable bonds is 3. The van der Waals surface area contributed by atoms with E-state index >= 15 is 0 Å². The number of aryl methyl sites for hydroxylation is 1. The second-order valence-corrected chi connectivity index (χ2v) is 6.28. The van der Waals surface area contributed by atoms with Crippen molar-refractivity contribution in [3.05, 3.63) is 22.6 Å².